The first-order valence-corrected chi connectivity index (χ1v) is 5.44. The van der Waals surface area contributed by atoms with Crippen LogP contribution in [0.15, 0.2) is 0 Å². The summed E-state index contributed by atoms with van der Waals surface area (Å²) in [6, 6.07) is 0.261. The quantitative estimate of drug-likeness (QED) is 0.716. The van der Waals surface area contributed by atoms with Crippen molar-refractivity contribution in [2.24, 2.45) is 5.92 Å². The van der Waals surface area contributed by atoms with E-state index in [0.717, 1.165) is 19.6 Å². The molecule has 2 atom stereocenters. The molecule has 1 aliphatic rings. The highest BCUT2D eigenvalue weighted by Crippen LogP contribution is 2.16. The van der Waals surface area contributed by atoms with Crippen molar-refractivity contribution in [1.29, 1.82) is 0 Å². The number of halogens is 3. The van der Waals surface area contributed by atoms with Crippen LogP contribution in [0.3, 0.4) is 0 Å². The Kier molecular flexibility index (Phi) is 5.51. The number of hydrogen-bond acceptors (Lipinski definition) is 3. The molecule has 0 spiro atoms. The summed E-state index contributed by atoms with van der Waals surface area (Å²) in [5, 5.41) is 3.14. The molecular weight excluding hydrogens is 223 g/mol. The molecular formula is C10H18F3NO2. The van der Waals surface area contributed by atoms with Crippen LogP contribution in [-0.2, 0) is 9.47 Å². The number of ether oxygens (including phenoxy) is 2. The van der Waals surface area contributed by atoms with Crippen LogP contribution >= 0.6 is 0 Å². The lowest BCUT2D eigenvalue weighted by Crippen LogP contribution is -2.36. The van der Waals surface area contributed by atoms with E-state index in [2.05, 4.69) is 10.1 Å². The van der Waals surface area contributed by atoms with Gasteiger partial charge in [-0.1, -0.05) is 0 Å². The van der Waals surface area contributed by atoms with Gasteiger partial charge in [-0.05, 0) is 19.3 Å². The Balaban J connectivity index is 1.98. The van der Waals surface area contributed by atoms with E-state index < -0.39 is 12.8 Å². The minimum absolute atomic E-state index is 0.0808. The molecule has 6 heteroatoms. The Labute approximate surface area is 93.3 Å². The minimum atomic E-state index is -4.23. The molecule has 0 amide bonds. The number of nitrogens with one attached hydrogen (secondary N) is 1. The van der Waals surface area contributed by atoms with Gasteiger partial charge >= 0.3 is 6.18 Å². The maximum atomic E-state index is 11.7. The van der Waals surface area contributed by atoms with Crippen molar-refractivity contribution in [3.8, 4) is 0 Å². The van der Waals surface area contributed by atoms with Gasteiger partial charge in [0.25, 0.3) is 0 Å². The largest absolute Gasteiger partial charge is 0.411 e. The molecule has 16 heavy (non-hydrogen) atoms. The van der Waals surface area contributed by atoms with Crippen LogP contribution in [0.1, 0.15) is 13.3 Å². The van der Waals surface area contributed by atoms with Crippen molar-refractivity contribution in [2.45, 2.75) is 25.6 Å². The second-order valence-electron chi connectivity index (χ2n) is 4.03. The molecule has 1 saturated heterocycles. The average Bonchev–Trinajstić information content (AvgIpc) is 2.67. The second-order valence-corrected chi connectivity index (χ2v) is 4.03. The molecule has 96 valence electrons. The average molecular weight is 241 g/mol. The Hall–Kier alpha value is -0.330. The van der Waals surface area contributed by atoms with Gasteiger partial charge in [0.15, 0.2) is 0 Å². The Bertz CT molecular complexity index is 193. The topological polar surface area (TPSA) is 30.5 Å². The molecule has 1 aliphatic heterocycles. The first kappa shape index (κ1) is 13.7. The van der Waals surface area contributed by atoms with E-state index in [1.54, 1.807) is 0 Å². The zero-order valence-corrected chi connectivity index (χ0v) is 9.35. The van der Waals surface area contributed by atoms with Crippen LogP contribution < -0.4 is 5.32 Å². The minimum Gasteiger partial charge on any atom is -0.381 e. The molecule has 2 unspecified atom stereocenters. The highest BCUT2D eigenvalue weighted by atomic mass is 19.4. The monoisotopic (exact) mass is 241 g/mol. The number of rotatable bonds is 6. The first-order valence-electron chi connectivity index (χ1n) is 5.44. The maximum absolute atomic E-state index is 11.7. The molecule has 1 heterocycles. The van der Waals surface area contributed by atoms with E-state index >= 15 is 0 Å². The van der Waals surface area contributed by atoms with E-state index in [1.807, 2.05) is 6.92 Å². The van der Waals surface area contributed by atoms with E-state index in [9.17, 15) is 13.2 Å². The molecule has 0 aromatic rings. The molecule has 3 nitrogen and oxygen atoms in total. The van der Waals surface area contributed by atoms with Gasteiger partial charge in [-0.3, -0.25) is 0 Å². The first-order chi connectivity index (χ1) is 7.49. The molecule has 0 saturated carbocycles. The normalized spacial score (nSPS) is 23.6. The highest BCUT2D eigenvalue weighted by Gasteiger charge is 2.27. The summed E-state index contributed by atoms with van der Waals surface area (Å²) in [5.74, 6) is 0.461. The van der Waals surface area contributed by atoms with E-state index in [4.69, 9.17) is 4.74 Å². The van der Waals surface area contributed by atoms with Gasteiger partial charge in [0.2, 0.25) is 0 Å². The summed E-state index contributed by atoms with van der Waals surface area (Å²) in [7, 11) is 0. The summed E-state index contributed by atoms with van der Waals surface area (Å²) in [6.07, 6.45) is -3.22. The number of hydrogen-bond donors (Lipinski definition) is 1. The van der Waals surface area contributed by atoms with Crippen molar-refractivity contribution in [2.75, 3.05) is 33.0 Å². The van der Waals surface area contributed by atoms with Gasteiger partial charge in [0.1, 0.15) is 6.61 Å². The molecule has 0 bridgehead atoms. The van der Waals surface area contributed by atoms with Gasteiger partial charge in [-0.25, -0.2) is 0 Å². The van der Waals surface area contributed by atoms with Gasteiger partial charge in [-0.2, -0.15) is 13.2 Å². The lowest BCUT2D eigenvalue weighted by molar-refractivity contribution is -0.173. The van der Waals surface area contributed by atoms with Gasteiger partial charge < -0.3 is 14.8 Å². The molecule has 0 radical (unpaired) electrons. The smallest absolute Gasteiger partial charge is 0.381 e. The summed E-state index contributed by atoms with van der Waals surface area (Å²) < 4.78 is 44.9. The van der Waals surface area contributed by atoms with Crippen molar-refractivity contribution in [1.82, 2.24) is 5.32 Å². The van der Waals surface area contributed by atoms with Gasteiger partial charge in [-0.15, -0.1) is 0 Å². The second kappa shape index (κ2) is 6.42. The van der Waals surface area contributed by atoms with Crippen LogP contribution in [-0.4, -0.2) is 45.2 Å². The van der Waals surface area contributed by atoms with Crippen LogP contribution in [0.5, 0.6) is 0 Å². The number of alkyl halides is 3. The van der Waals surface area contributed by atoms with Crippen LogP contribution in [0.25, 0.3) is 0 Å². The zero-order valence-electron chi connectivity index (χ0n) is 9.35. The Morgan fingerprint density at radius 3 is 2.81 bits per heavy atom. The van der Waals surface area contributed by atoms with Crippen molar-refractivity contribution in [3.63, 3.8) is 0 Å². The van der Waals surface area contributed by atoms with Crippen LogP contribution in [0.4, 0.5) is 13.2 Å². The van der Waals surface area contributed by atoms with Gasteiger partial charge in [0, 0.05) is 19.2 Å². The third kappa shape index (κ3) is 5.67. The van der Waals surface area contributed by atoms with E-state index in [1.165, 1.54) is 0 Å². The van der Waals surface area contributed by atoms with Crippen molar-refractivity contribution >= 4 is 0 Å². The molecule has 0 aliphatic carbocycles. The zero-order chi connectivity index (χ0) is 12.0. The summed E-state index contributed by atoms with van der Waals surface area (Å²) in [6.45, 7) is 2.88. The molecule has 1 N–H and O–H groups in total. The summed E-state index contributed by atoms with van der Waals surface area (Å²) in [4.78, 5) is 0. The lowest BCUT2D eigenvalue weighted by atomic mass is 10.0. The highest BCUT2D eigenvalue weighted by molar-refractivity contribution is 4.75. The van der Waals surface area contributed by atoms with Crippen molar-refractivity contribution in [3.05, 3.63) is 0 Å². The lowest BCUT2D eigenvalue weighted by Gasteiger charge is -2.19. The SMILES string of the molecule is CC(NCCOCC(F)(F)F)C1CCOC1. The summed E-state index contributed by atoms with van der Waals surface area (Å²) >= 11 is 0. The molecule has 0 aromatic heterocycles. The van der Waals surface area contributed by atoms with Gasteiger partial charge in [0.05, 0.1) is 13.2 Å². The summed E-state index contributed by atoms with van der Waals surface area (Å²) in [5.41, 5.74) is 0. The van der Waals surface area contributed by atoms with Crippen LogP contribution in [0, 0.1) is 5.92 Å². The standard InChI is InChI=1S/C10H18F3NO2/c1-8(9-2-4-15-6-9)14-3-5-16-7-10(11,12)13/h8-9,14H,2-7H2,1H3. The molecule has 1 fully saturated rings. The fourth-order valence-electron chi connectivity index (χ4n) is 1.66. The van der Waals surface area contributed by atoms with E-state index in [0.29, 0.717) is 12.5 Å². The fourth-order valence-corrected chi connectivity index (χ4v) is 1.66. The van der Waals surface area contributed by atoms with E-state index in [-0.39, 0.29) is 12.6 Å². The maximum Gasteiger partial charge on any atom is 0.411 e. The fraction of sp³-hybridized carbons (Fsp3) is 1.00. The Morgan fingerprint density at radius 2 is 2.25 bits per heavy atom. The van der Waals surface area contributed by atoms with Crippen LogP contribution in [0.2, 0.25) is 0 Å². The molecule has 1 rings (SSSR count). The third-order valence-electron chi connectivity index (χ3n) is 2.65. The predicted octanol–water partition coefficient (Wildman–Crippen LogP) is 1.58. The van der Waals surface area contributed by atoms with Crippen molar-refractivity contribution < 1.29 is 22.6 Å². The Morgan fingerprint density at radius 1 is 1.50 bits per heavy atom. The predicted molar refractivity (Wildman–Crippen MR) is 53.3 cm³/mol. The third-order valence-corrected chi connectivity index (χ3v) is 2.65. The molecule has 0 aromatic carbocycles.